The summed E-state index contributed by atoms with van der Waals surface area (Å²) in [6, 6.07) is 6.34. The number of methoxy groups -OCH3 is 2. The van der Waals surface area contributed by atoms with E-state index in [2.05, 4.69) is 29.4 Å². The van der Waals surface area contributed by atoms with Gasteiger partial charge in [0.15, 0.2) is 6.29 Å². The van der Waals surface area contributed by atoms with Gasteiger partial charge in [-0.05, 0) is 111 Å². The highest BCUT2D eigenvalue weighted by Crippen LogP contribution is 2.45. The number of unbranched alkanes of at least 4 members (excludes halogenated alkanes) is 1. The summed E-state index contributed by atoms with van der Waals surface area (Å²) in [7, 11) is 6.85. The summed E-state index contributed by atoms with van der Waals surface area (Å²) < 4.78 is 54.4. The lowest BCUT2D eigenvalue weighted by atomic mass is 9.68. The van der Waals surface area contributed by atoms with Crippen LogP contribution in [0.2, 0.25) is 0 Å². The molecule has 3 fully saturated rings. The fourth-order valence-corrected chi connectivity index (χ4v) is 12.3. The predicted octanol–water partition coefficient (Wildman–Crippen LogP) is 5.62. The quantitative estimate of drug-likeness (QED) is 0.122. The molecule has 0 amide bonds. The molecular weight excluding hydrogens is 942 g/mol. The first-order chi connectivity index (χ1) is 34.3. The van der Waals surface area contributed by atoms with E-state index in [1.54, 1.807) is 54.8 Å². The SMILES string of the molecule is CCCCc1ccc([C@@H](OC)[C@@H](CF)n2cc(CCN(C)[C@H]3C[C@@H](C)O[C@@H](O[C@@H]4[C@@H](C)C([C@H]5C[C@@](C)(OC)[C@@H](O)[C@H](C)O5)[C@@H](C)C(=O)O[C@H](CC)[C@@](C)(O)[C@H](O)[C@@H](C)N(C)C[C@H](C)C[C@@]4(C)O)[C@@H]3O)nn2)cc1. The number of aryl methyl sites for hydroxylation is 1. The van der Waals surface area contributed by atoms with Gasteiger partial charge in [0.25, 0.3) is 0 Å². The third-order valence-electron chi connectivity index (χ3n) is 17.0. The minimum absolute atomic E-state index is 0.178. The molecule has 5 rings (SSSR count). The van der Waals surface area contributed by atoms with Crippen LogP contribution in [0.5, 0.6) is 0 Å². The van der Waals surface area contributed by atoms with Crippen molar-refractivity contribution in [3.05, 3.63) is 47.3 Å². The van der Waals surface area contributed by atoms with Gasteiger partial charge >= 0.3 is 5.97 Å². The van der Waals surface area contributed by atoms with E-state index in [-0.39, 0.29) is 31.3 Å². The summed E-state index contributed by atoms with van der Waals surface area (Å²) in [5.74, 6) is -3.22. The van der Waals surface area contributed by atoms with Crippen LogP contribution in [-0.4, -0.2) is 188 Å². The molecule has 3 aliphatic heterocycles. The fraction of sp³-hybridized carbons (Fsp3) is 0.836. The van der Waals surface area contributed by atoms with Gasteiger partial charge in [0.05, 0.1) is 47.2 Å². The molecule has 0 saturated carbocycles. The number of hydrogen-bond donors (Lipinski definition) is 5. The summed E-state index contributed by atoms with van der Waals surface area (Å²) in [5.41, 5.74) is -1.78. The van der Waals surface area contributed by atoms with Crippen molar-refractivity contribution < 1.29 is 63.1 Å². The van der Waals surface area contributed by atoms with Crippen molar-refractivity contribution in [2.24, 2.45) is 23.7 Å². The highest BCUT2D eigenvalue weighted by molar-refractivity contribution is 5.73. The minimum atomic E-state index is -1.82. The molecule has 2 aromatic rings. The summed E-state index contributed by atoms with van der Waals surface area (Å²) in [6.45, 7) is 20.2. The van der Waals surface area contributed by atoms with E-state index in [1.807, 2.05) is 56.8 Å². The zero-order valence-corrected chi connectivity index (χ0v) is 46.7. The van der Waals surface area contributed by atoms with Crippen molar-refractivity contribution in [3.8, 4) is 0 Å². The smallest absolute Gasteiger partial charge is 0.309 e. The Balaban J connectivity index is 1.44. The second kappa shape index (κ2) is 26.1. The number of likely N-dealkylation sites (N-methyl/N-ethyl adjacent to an activating group) is 2. The van der Waals surface area contributed by atoms with Crippen LogP contribution in [0.3, 0.4) is 0 Å². The summed E-state index contributed by atoms with van der Waals surface area (Å²) in [5, 5.41) is 69.0. The number of cyclic esters (lactones) is 1. The average molecular weight is 1040 g/mol. The number of carbonyl (C=O) groups is 1. The van der Waals surface area contributed by atoms with Crippen molar-refractivity contribution in [3.63, 3.8) is 0 Å². The third kappa shape index (κ3) is 14.3. The van der Waals surface area contributed by atoms with Gasteiger partial charge < -0.3 is 63.8 Å². The summed E-state index contributed by atoms with van der Waals surface area (Å²) in [4.78, 5) is 18.6. The van der Waals surface area contributed by atoms with Crippen LogP contribution in [0.1, 0.15) is 144 Å². The van der Waals surface area contributed by atoms with Crippen molar-refractivity contribution >= 4 is 5.97 Å². The molecule has 1 aromatic heterocycles. The molecule has 1 unspecified atom stereocenters. The number of aliphatic hydroxyl groups excluding tert-OH is 3. The first kappa shape index (κ1) is 61.1. The van der Waals surface area contributed by atoms with Crippen LogP contribution in [0, 0.1) is 23.7 Å². The number of esters is 1. The van der Waals surface area contributed by atoms with Crippen LogP contribution in [-0.2, 0) is 46.1 Å². The molecular formula is C55H94FN5O12. The highest BCUT2D eigenvalue weighted by atomic mass is 19.1. The largest absolute Gasteiger partial charge is 0.459 e. The normalized spacial score (nSPS) is 39.6. The van der Waals surface area contributed by atoms with Crippen molar-refractivity contribution in [2.75, 3.05) is 48.1 Å². The number of hydrogen-bond acceptors (Lipinski definition) is 16. The van der Waals surface area contributed by atoms with Crippen molar-refractivity contribution in [1.29, 1.82) is 0 Å². The first-order valence-electron chi connectivity index (χ1n) is 27.0. The monoisotopic (exact) mass is 1040 g/mol. The highest BCUT2D eigenvalue weighted by Gasteiger charge is 2.55. The Labute approximate surface area is 435 Å². The maximum absolute atomic E-state index is 14.8. The van der Waals surface area contributed by atoms with Gasteiger partial charge in [0.2, 0.25) is 0 Å². The fourth-order valence-electron chi connectivity index (χ4n) is 12.3. The number of benzene rings is 1. The van der Waals surface area contributed by atoms with E-state index < -0.39 is 120 Å². The average Bonchev–Trinajstić information content (AvgIpc) is 3.82. The maximum atomic E-state index is 14.8. The predicted molar refractivity (Wildman–Crippen MR) is 275 cm³/mol. The van der Waals surface area contributed by atoms with Gasteiger partial charge in [0, 0.05) is 64.3 Å². The van der Waals surface area contributed by atoms with Crippen molar-refractivity contribution in [1.82, 2.24) is 24.8 Å². The number of ether oxygens (including phenoxy) is 6. The third-order valence-corrected chi connectivity index (χ3v) is 17.0. The molecule has 5 N–H and O–H groups in total. The Morgan fingerprint density at radius 2 is 1.63 bits per heavy atom. The number of carbonyl (C=O) groups excluding carboxylic acids is 1. The van der Waals surface area contributed by atoms with Crippen LogP contribution < -0.4 is 0 Å². The molecule has 0 radical (unpaired) electrons. The molecule has 18 heteroatoms. The molecule has 418 valence electrons. The molecule has 4 heterocycles. The first-order valence-corrected chi connectivity index (χ1v) is 27.0. The van der Waals surface area contributed by atoms with Crippen LogP contribution in [0.25, 0.3) is 0 Å². The standard InChI is InChI=1S/C55H94FN5O12/c1-16-18-19-38-20-22-39(23-21-38)47(68-14)42(29-56)61-31-40(57-58-61)24-25-59(12)41-26-33(4)70-52(46(41)62)73-50-34(5)45(43-28-54(10,69-15)49(64)37(8)71-43)35(6)51(65)72-44(17-2)55(11,67)48(63)36(7)60(13)30-32(3)27-53(50,9)66/h20-23,31-37,41-50,52,62-64,66-67H,16-19,24-30H2,1-15H3/t32-,33-,34+,35-,36-,37+,41+,42-,43-,44-,45?,46-,47-,48-,49+,50-,52+,53-,54-,55-/m1/s1. The molecule has 1 aromatic carbocycles. The number of nitrogens with zero attached hydrogens (tertiary/aromatic N) is 5. The Kier molecular flexibility index (Phi) is 21.8. The lowest BCUT2D eigenvalue weighted by Crippen LogP contribution is -2.62. The minimum Gasteiger partial charge on any atom is -0.459 e. The van der Waals surface area contributed by atoms with E-state index in [4.69, 9.17) is 28.4 Å². The molecule has 3 aliphatic rings. The molecule has 0 spiro atoms. The van der Waals surface area contributed by atoms with E-state index in [9.17, 15) is 34.7 Å². The van der Waals surface area contributed by atoms with Gasteiger partial charge in [-0.25, -0.2) is 9.07 Å². The molecule has 73 heavy (non-hydrogen) atoms. The Morgan fingerprint density at radius 3 is 2.23 bits per heavy atom. The second-order valence-electron chi connectivity index (χ2n) is 22.9. The van der Waals surface area contributed by atoms with Gasteiger partial charge in [-0.2, -0.15) is 0 Å². The molecule has 0 aliphatic carbocycles. The van der Waals surface area contributed by atoms with Crippen LogP contribution in [0.4, 0.5) is 4.39 Å². The molecule has 0 bridgehead atoms. The van der Waals surface area contributed by atoms with Gasteiger partial charge in [0.1, 0.15) is 48.8 Å². The molecule has 17 nitrogen and oxygen atoms in total. The number of rotatable bonds is 17. The van der Waals surface area contributed by atoms with E-state index >= 15 is 0 Å². The lowest BCUT2D eigenvalue weighted by molar-refractivity contribution is -0.302. The van der Waals surface area contributed by atoms with Crippen LogP contribution >= 0.6 is 0 Å². The molecule has 3 saturated heterocycles. The zero-order valence-electron chi connectivity index (χ0n) is 46.7. The van der Waals surface area contributed by atoms with E-state index in [0.717, 1.165) is 24.8 Å². The Morgan fingerprint density at radius 1 is 0.959 bits per heavy atom. The molecule has 20 atom stereocenters. The Bertz CT molecular complexity index is 2000. The van der Waals surface area contributed by atoms with Gasteiger partial charge in [-0.15, -0.1) is 5.10 Å². The number of alkyl halides is 1. The number of aliphatic hydroxyl groups is 5. The lowest BCUT2D eigenvalue weighted by Gasteiger charge is -2.51. The zero-order chi connectivity index (χ0) is 54.3. The van der Waals surface area contributed by atoms with Crippen LogP contribution in [0.15, 0.2) is 30.5 Å². The van der Waals surface area contributed by atoms with Gasteiger partial charge in [-0.3, -0.25) is 4.79 Å². The summed E-state index contributed by atoms with van der Waals surface area (Å²) in [6.07, 6.45) is -2.84. The van der Waals surface area contributed by atoms with Crippen molar-refractivity contribution in [2.45, 2.75) is 224 Å². The maximum Gasteiger partial charge on any atom is 0.309 e. The Hall–Kier alpha value is -2.72. The second-order valence-corrected chi connectivity index (χ2v) is 22.9. The topological polar surface area (TPSA) is 211 Å². The number of aromatic nitrogens is 3. The van der Waals surface area contributed by atoms with E-state index in [1.165, 1.54) is 24.3 Å². The number of halogens is 1. The summed E-state index contributed by atoms with van der Waals surface area (Å²) >= 11 is 0. The van der Waals surface area contributed by atoms with E-state index in [0.29, 0.717) is 31.6 Å². The van der Waals surface area contributed by atoms with Gasteiger partial charge in [-0.1, -0.05) is 70.5 Å².